The minimum absolute atomic E-state index is 0.108. The highest BCUT2D eigenvalue weighted by molar-refractivity contribution is 6.30. The lowest BCUT2D eigenvalue weighted by atomic mass is 10.1. The lowest BCUT2D eigenvalue weighted by molar-refractivity contribution is -0.122. The number of H-pyrrole nitrogens is 1. The first-order valence-corrected chi connectivity index (χ1v) is 7.75. The Morgan fingerprint density at radius 2 is 2.04 bits per heavy atom. The summed E-state index contributed by atoms with van der Waals surface area (Å²) in [6.07, 6.45) is 0.108. The molecule has 8 heteroatoms. The number of nitrogens with zero attached hydrogens (tertiary/aromatic N) is 2. The van der Waals surface area contributed by atoms with Crippen LogP contribution in [0.5, 0.6) is 0 Å². The lowest BCUT2D eigenvalue weighted by Crippen LogP contribution is -2.28. The highest BCUT2D eigenvalue weighted by atomic mass is 35.5. The highest BCUT2D eigenvalue weighted by Gasteiger charge is 2.35. The van der Waals surface area contributed by atoms with Gasteiger partial charge in [0.25, 0.3) is 5.56 Å². The lowest BCUT2D eigenvalue weighted by Gasteiger charge is -2.16. The van der Waals surface area contributed by atoms with Gasteiger partial charge in [-0.2, -0.15) is 0 Å². The second kappa shape index (κ2) is 6.45. The number of hydrogen-bond donors (Lipinski definition) is 2. The summed E-state index contributed by atoms with van der Waals surface area (Å²) in [5.74, 6) is -0.388. The quantitative estimate of drug-likeness (QED) is 0.884. The van der Waals surface area contributed by atoms with E-state index < -0.39 is 5.92 Å². The molecule has 1 unspecified atom stereocenters. The fourth-order valence-electron chi connectivity index (χ4n) is 2.63. The van der Waals surface area contributed by atoms with Crippen molar-refractivity contribution in [1.82, 2.24) is 9.97 Å². The summed E-state index contributed by atoms with van der Waals surface area (Å²) in [5.41, 5.74) is 0.355. The molecule has 124 valence electrons. The van der Waals surface area contributed by atoms with Crippen LogP contribution in [0.1, 0.15) is 12.2 Å². The molecule has 1 fully saturated rings. The Kier molecular flexibility index (Phi) is 4.35. The zero-order valence-electron chi connectivity index (χ0n) is 12.9. The van der Waals surface area contributed by atoms with Crippen molar-refractivity contribution < 1.29 is 9.59 Å². The number of halogens is 1. The molecule has 0 radical (unpaired) electrons. The smallest absolute Gasteiger partial charge is 0.252 e. The second-order valence-electron chi connectivity index (χ2n) is 5.59. The second-order valence-corrected chi connectivity index (χ2v) is 6.02. The number of benzene rings is 1. The Hall–Kier alpha value is -2.67. The topological polar surface area (TPSA) is 95.2 Å². The molecule has 0 spiro atoms. The van der Waals surface area contributed by atoms with Crippen molar-refractivity contribution in [1.29, 1.82) is 0 Å². The number of hydrogen-bond acceptors (Lipinski definition) is 4. The summed E-state index contributed by atoms with van der Waals surface area (Å²) in [4.78, 5) is 44.0. The molecular formula is C16H15ClN4O3. The normalized spacial score (nSPS) is 17.2. The van der Waals surface area contributed by atoms with E-state index in [1.165, 1.54) is 6.07 Å². The van der Waals surface area contributed by atoms with Gasteiger partial charge in [0.15, 0.2) is 0 Å². The van der Waals surface area contributed by atoms with Crippen LogP contribution in [-0.2, 0) is 9.59 Å². The number of amides is 2. The molecule has 1 aromatic heterocycles. The van der Waals surface area contributed by atoms with Crippen LogP contribution in [0.25, 0.3) is 0 Å². The molecule has 0 bridgehead atoms. The van der Waals surface area contributed by atoms with E-state index in [9.17, 15) is 14.4 Å². The van der Waals surface area contributed by atoms with E-state index in [-0.39, 0.29) is 36.2 Å². The van der Waals surface area contributed by atoms with Crippen LogP contribution in [0, 0.1) is 12.8 Å². The summed E-state index contributed by atoms with van der Waals surface area (Å²) in [6, 6.07) is 8.07. The van der Waals surface area contributed by atoms with Gasteiger partial charge in [-0.1, -0.05) is 11.6 Å². The molecule has 0 saturated carbocycles. The predicted molar refractivity (Wildman–Crippen MR) is 90.1 cm³/mol. The van der Waals surface area contributed by atoms with Crippen molar-refractivity contribution in [3.63, 3.8) is 0 Å². The molecule has 7 nitrogen and oxygen atoms in total. The minimum Gasteiger partial charge on any atom is -0.312 e. The van der Waals surface area contributed by atoms with Crippen LogP contribution < -0.4 is 15.8 Å². The maximum Gasteiger partial charge on any atom is 0.252 e. The average Bonchev–Trinajstić information content (AvgIpc) is 2.89. The van der Waals surface area contributed by atoms with Crippen LogP contribution in [0.4, 0.5) is 11.5 Å². The third-order valence-corrected chi connectivity index (χ3v) is 4.00. The summed E-state index contributed by atoms with van der Waals surface area (Å²) < 4.78 is 0. The number of anilines is 2. The van der Waals surface area contributed by atoms with Gasteiger partial charge in [0, 0.05) is 29.7 Å². The first-order valence-electron chi connectivity index (χ1n) is 7.37. The number of aryl methyl sites for hydroxylation is 1. The molecule has 2 N–H and O–H groups in total. The zero-order valence-corrected chi connectivity index (χ0v) is 13.6. The van der Waals surface area contributed by atoms with E-state index in [4.69, 9.17) is 11.6 Å². The maximum absolute atomic E-state index is 12.4. The third-order valence-electron chi connectivity index (χ3n) is 3.75. The number of aromatic nitrogens is 2. The Morgan fingerprint density at radius 1 is 1.33 bits per heavy atom. The number of carbonyl (C=O) groups is 2. The molecular weight excluding hydrogens is 332 g/mol. The molecule has 2 amide bonds. The highest BCUT2D eigenvalue weighted by Crippen LogP contribution is 2.26. The standard InChI is InChI=1S/C16H15ClN4O3/c1-9-18-13(7-14(22)19-9)20-16(24)10-6-15(23)21(8-10)12-4-2-11(17)3-5-12/h2-5,7,10H,6,8H2,1H3,(H2,18,19,20,22,24). The van der Waals surface area contributed by atoms with Crippen LogP contribution in [-0.4, -0.2) is 28.3 Å². The fourth-order valence-corrected chi connectivity index (χ4v) is 2.75. The summed E-state index contributed by atoms with van der Waals surface area (Å²) >= 11 is 5.85. The predicted octanol–water partition coefficient (Wildman–Crippen LogP) is 1.72. The van der Waals surface area contributed by atoms with E-state index in [2.05, 4.69) is 15.3 Å². The summed E-state index contributed by atoms with van der Waals surface area (Å²) in [6.45, 7) is 1.90. The zero-order chi connectivity index (χ0) is 17.3. The van der Waals surface area contributed by atoms with Gasteiger partial charge >= 0.3 is 0 Å². The molecule has 3 rings (SSSR count). The summed E-state index contributed by atoms with van der Waals surface area (Å²) in [7, 11) is 0. The van der Waals surface area contributed by atoms with Crippen LogP contribution in [0.15, 0.2) is 35.1 Å². The molecule has 24 heavy (non-hydrogen) atoms. The van der Waals surface area contributed by atoms with Gasteiger partial charge in [-0.15, -0.1) is 0 Å². The monoisotopic (exact) mass is 346 g/mol. The number of rotatable bonds is 3. The average molecular weight is 347 g/mol. The molecule has 2 heterocycles. The van der Waals surface area contributed by atoms with E-state index in [1.54, 1.807) is 36.1 Å². The number of aromatic amines is 1. The fraction of sp³-hybridized carbons (Fsp3) is 0.250. The molecule has 1 aliphatic heterocycles. The number of carbonyl (C=O) groups excluding carboxylic acids is 2. The Labute approximate surface area is 142 Å². The van der Waals surface area contributed by atoms with Crippen LogP contribution in [0.2, 0.25) is 5.02 Å². The van der Waals surface area contributed by atoms with Crippen molar-refractivity contribution in [2.75, 3.05) is 16.8 Å². The summed E-state index contributed by atoms with van der Waals surface area (Å²) in [5, 5.41) is 3.18. The van der Waals surface area contributed by atoms with E-state index >= 15 is 0 Å². The molecule has 1 saturated heterocycles. The van der Waals surface area contributed by atoms with Gasteiger partial charge in [0.1, 0.15) is 11.6 Å². The van der Waals surface area contributed by atoms with Gasteiger partial charge in [0.05, 0.1) is 5.92 Å². The Balaban J connectivity index is 1.71. The van der Waals surface area contributed by atoms with Gasteiger partial charge in [-0.05, 0) is 31.2 Å². The third kappa shape index (κ3) is 3.46. The van der Waals surface area contributed by atoms with Crippen molar-refractivity contribution in [3.8, 4) is 0 Å². The van der Waals surface area contributed by atoms with E-state index in [1.807, 2.05) is 0 Å². The molecule has 1 aromatic carbocycles. The molecule has 1 aliphatic rings. The first-order chi connectivity index (χ1) is 11.4. The van der Waals surface area contributed by atoms with Gasteiger partial charge in [-0.3, -0.25) is 14.4 Å². The van der Waals surface area contributed by atoms with Crippen LogP contribution >= 0.6 is 11.6 Å². The number of nitrogens with one attached hydrogen (secondary N) is 2. The largest absolute Gasteiger partial charge is 0.312 e. The SMILES string of the molecule is Cc1nc(NC(=O)C2CC(=O)N(c3ccc(Cl)cc3)C2)cc(=O)[nH]1. The van der Waals surface area contributed by atoms with E-state index in [0.29, 0.717) is 16.5 Å². The molecule has 2 aromatic rings. The van der Waals surface area contributed by atoms with Crippen LogP contribution in [0.3, 0.4) is 0 Å². The van der Waals surface area contributed by atoms with Crippen molar-refractivity contribution in [2.24, 2.45) is 5.92 Å². The van der Waals surface area contributed by atoms with Crippen molar-refractivity contribution in [3.05, 3.63) is 51.5 Å². The maximum atomic E-state index is 12.4. The van der Waals surface area contributed by atoms with Crippen molar-refractivity contribution >= 4 is 34.9 Å². The van der Waals surface area contributed by atoms with Gasteiger partial charge in [0.2, 0.25) is 11.8 Å². The van der Waals surface area contributed by atoms with Gasteiger partial charge in [-0.25, -0.2) is 4.98 Å². The molecule has 0 aliphatic carbocycles. The first kappa shape index (κ1) is 16.2. The minimum atomic E-state index is -0.505. The Morgan fingerprint density at radius 3 is 2.71 bits per heavy atom. The van der Waals surface area contributed by atoms with Crippen molar-refractivity contribution in [2.45, 2.75) is 13.3 Å². The Bertz CT molecular complexity index is 847. The van der Waals surface area contributed by atoms with E-state index in [0.717, 1.165) is 0 Å². The van der Waals surface area contributed by atoms with Gasteiger partial charge < -0.3 is 15.2 Å². The molecule has 1 atom stereocenters.